The summed E-state index contributed by atoms with van der Waals surface area (Å²) in [5.74, 6) is -0.717. The molecule has 0 bridgehead atoms. The Hall–Kier alpha value is -3.54. The van der Waals surface area contributed by atoms with Crippen LogP contribution in [0.25, 0.3) is 43.5 Å². The van der Waals surface area contributed by atoms with E-state index in [1.165, 1.54) is 18.2 Å². The number of aryl methyl sites for hydroxylation is 1. The van der Waals surface area contributed by atoms with Crippen molar-refractivity contribution in [1.82, 2.24) is 0 Å². The van der Waals surface area contributed by atoms with Gasteiger partial charge in [-0.15, -0.1) is 0 Å². The van der Waals surface area contributed by atoms with Crippen LogP contribution in [0.1, 0.15) is 5.56 Å². The van der Waals surface area contributed by atoms with Crippen LogP contribution in [0.2, 0.25) is 0 Å². The van der Waals surface area contributed by atoms with Gasteiger partial charge in [-0.25, -0.2) is 4.79 Å². The van der Waals surface area contributed by atoms with Crippen molar-refractivity contribution in [3.63, 3.8) is 0 Å². The molecule has 2 heterocycles. The van der Waals surface area contributed by atoms with Crippen LogP contribution >= 0.6 is 0 Å². The van der Waals surface area contributed by atoms with Gasteiger partial charge in [0.2, 0.25) is 0 Å². The van der Waals surface area contributed by atoms with Gasteiger partial charge in [-0.3, -0.25) is 4.79 Å². The van der Waals surface area contributed by atoms with Crippen molar-refractivity contribution < 1.29 is 19.0 Å². The first-order valence-corrected chi connectivity index (χ1v) is 7.57. The predicted molar refractivity (Wildman–Crippen MR) is 92.8 cm³/mol. The number of phenolic OH excluding ortho intramolecular Hbond substituents is 1. The quantitative estimate of drug-likeness (QED) is 0.256. The van der Waals surface area contributed by atoms with Gasteiger partial charge in [0.25, 0.3) is 5.95 Å². The highest BCUT2D eigenvalue weighted by molar-refractivity contribution is 6.28. The Morgan fingerprint density at radius 1 is 0.880 bits per heavy atom. The third kappa shape index (κ3) is 1.58. The molecule has 0 fully saturated rings. The molecule has 0 radical (unpaired) electrons. The molecule has 0 saturated heterocycles. The van der Waals surface area contributed by atoms with E-state index in [1.807, 2.05) is 0 Å². The van der Waals surface area contributed by atoms with Gasteiger partial charge in [0.1, 0.15) is 16.7 Å². The Morgan fingerprint density at radius 2 is 1.68 bits per heavy atom. The molecule has 6 nitrogen and oxygen atoms in total. The van der Waals surface area contributed by atoms with Crippen LogP contribution in [-0.2, 0) is 0 Å². The lowest BCUT2D eigenvalue weighted by Crippen LogP contribution is -2.06. The van der Waals surface area contributed by atoms with Crippen molar-refractivity contribution in [3.05, 3.63) is 56.5 Å². The van der Waals surface area contributed by atoms with Crippen LogP contribution < -0.4 is 11.1 Å². The maximum atomic E-state index is 12.5. The fourth-order valence-corrected chi connectivity index (χ4v) is 3.56. The normalized spacial score (nSPS) is 12.0. The monoisotopic (exact) mass is 334 g/mol. The third-order valence-corrected chi connectivity index (χ3v) is 4.55. The topological polar surface area (TPSA) is 101 Å². The second-order valence-corrected chi connectivity index (χ2v) is 6.09. The lowest BCUT2D eigenvalue weighted by atomic mass is 9.96. The minimum absolute atomic E-state index is 0.0557. The molecule has 5 aromatic rings. The number of aromatic hydroxyl groups is 2. The largest absolute Gasteiger partial charge is 0.506 e. The van der Waals surface area contributed by atoms with Gasteiger partial charge < -0.3 is 19.0 Å². The van der Waals surface area contributed by atoms with Crippen molar-refractivity contribution >= 4 is 43.5 Å². The van der Waals surface area contributed by atoms with E-state index >= 15 is 0 Å². The second kappa shape index (κ2) is 4.30. The van der Waals surface area contributed by atoms with Gasteiger partial charge in [0.15, 0.2) is 11.0 Å². The summed E-state index contributed by atoms with van der Waals surface area (Å²) in [5.41, 5.74) is -0.0422. The molecule has 2 aromatic heterocycles. The zero-order chi connectivity index (χ0) is 17.5. The van der Waals surface area contributed by atoms with E-state index in [1.54, 1.807) is 19.1 Å². The van der Waals surface area contributed by atoms with E-state index in [4.69, 9.17) is 8.83 Å². The van der Waals surface area contributed by atoms with Gasteiger partial charge in [-0.2, -0.15) is 0 Å². The molecule has 122 valence electrons. The molecule has 0 amide bonds. The molecule has 25 heavy (non-hydrogen) atoms. The minimum Gasteiger partial charge on any atom is -0.506 e. The molecular formula is C19H10O6. The van der Waals surface area contributed by atoms with Gasteiger partial charge in [0, 0.05) is 16.2 Å². The number of hydrogen-bond donors (Lipinski definition) is 2. The van der Waals surface area contributed by atoms with Crippen molar-refractivity contribution in [2.24, 2.45) is 0 Å². The standard InChI is InChI=1S/C19H10O6/c1-7-5-9-13-11(6-7)24-19(23)15-14(13)17(25-18(9)22)12-8(16(15)21)3-2-4-10(12)20/h2-6,21-22H,1H3. The number of benzene rings is 3. The summed E-state index contributed by atoms with van der Waals surface area (Å²) in [6, 6.07) is 7.66. The molecular weight excluding hydrogens is 324 g/mol. The number of fused-ring (bicyclic) bond motifs is 2. The molecule has 0 unspecified atom stereocenters. The molecule has 6 heteroatoms. The van der Waals surface area contributed by atoms with E-state index < -0.39 is 5.63 Å². The lowest BCUT2D eigenvalue weighted by Gasteiger charge is -2.13. The highest BCUT2D eigenvalue weighted by Gasteiger charge is 2.24. The molecule has 0 spiro atoms. The van der Waals surface area contributed by atoms with E-state index in [0.29, 0.717) is 10.8 Å². The van der Waals surface area contributed by atoms with E-state index in [2.05, 4.69) is 0 Å². The average Bonchev–Trinajstić information content (AvgIpc) is 2.56. The highest BCUT2D eigenvalue weighted by Crippen LogP contribution is 2.44. The molecule has 0 aliphatic heterocycles. The number of phenols is 1. The van der Waals surface area contributed by atoms with Crippen LogP contribution in [0.4, 0.5) is 0 Å². The fraction of sp³-hybridized carbons (Fsp3) is 0.0526. The summed E-state index contributed by atoms with van der Waals surface area (Å²) >= 11 is 0. The Kier molecular flexibility index (Phi) is 2.38. The molecule has 0 atom stereocenters. The van der Waals surface area contributed by atoms with Crippen LogP contribution in [0.15, 0.2) is 48.8 Å². The van der Waals surface area contributed by atoms with Crippen LogP contribution in [-0.4, -0.2) is 10.2 Å². The molecule has 3 aromatic carbocycles. The fourth-order valence-electron chi connectivity index (χ4n) is 3.56. The first-order valence-electron chi connectivity index (χ1n) is 7.57. The van der Waals surface area contributed by atoms with Crippen LogP contribution in [0.5, 0.6) is 11.7 Å². The predicted octanol–water partition coefficient (Wildman–Crippen LogP) is 3.36. The molecule has 2 N–H and O–H groups in total. The van der Waals surface area contributed by atoms with Gasteiger partial charge in [-0.05, 0) is 30.7 Å². The molecule has 5 rings (SSSR count). The summed E-state index contributed by atoms with van der Waals surface area (Å²) in [5, 5.41) is 22.2. The molecule has 0 aliphatic rings. The zero-order valence-corrected chi connectivity index (χ0v) is 12.9. The summed E-state index contributed by atoms with van der Waals surface area (Å²) in [6.07, 6.45) is 0. The SMILES string of the molecule is Cc1cc2oc(=O)c3c(O)c4cccc(=O)c4c4oc(O)c(c1)c2c34. The van der Waals surface area contributed by atoms with Crippen molar-refractivity contribution in [2.45, 2.75) is 6.92 Å². The number of rotatable bonds is 0. The van der Waals surface area contributed by atoms with E-state index in [0.717, 1.165) is 5.56 Å². The minimum atomic E-state index is -0.735. The van der Waals surface area contributed by atoms with Crippen molar-refractivity contribution in [2.75, 3.05) is 0 Å². The highest BCUT2D eigenvalue weighted by atomic mass is 16.5. The zero-order valence-electron chi connectivity index (χ0n) is 12.9. The Bertz CT molecular complexity index is 1450. The summed E-state index contributed by atoms with van der Waals surface area (Å²) in [6.45, 7) is 1.79. The smallest absolute Gasteiger partial charge is 0.348 e. The van der Waals surface area contributed by atoms with Crippen LogP contribution in [0, 0.1) is 6.92 Å². The van der Waals surface area contributed by atoms with Crippen molar-refractivity contribution in [1.29, 1.82) is 0 Å². The maximum Gasteiger partial charge on any atom is 0.348 e. The first kappa shape index (κ1) is 13.9. The Balaban J connectivity index is 2.33. The molecule has 0 saturated carbocycles. The van der Waals surface area contributed by atoms with Gasteiger partial charge in [0.05, 0.1) is 10.8 Å². The summed E-state index contributed by atoms with van der Waals surface area (Å²) in [7, 11) is 0. The second-order valence-electron chi connectivity index (χ2n) is 6.09. The van der Waals surface area contributed by atoms with E-state index in [-0.39, 0.29) is 49.8 Å². The van der Waals surface area contributed by atoms with Gasteiger partial charge >= 0.3 is 5.63 Å². The third-order valence-electron chi connectivity index (χ3n) is 4.55. The molecule has 0 aliphatic carbocycles. The van der Waals surface area contributed by atoms with E-state index in [9.17, 15) is 19.8 Å². The summed E-state index contributed by atoms with van der Waals surface area (Å²) in [4.78, 5) is 24.9. The van der Waals surface area contributed by atoms with Crippen molar-refractivity contribution in [3.8, 4) is 11.7 Å². The number of hydrogen-bond acceptors (Lipinski definition) is 6. The average molecular weight is 334 g/mol. The summed E-state index contributed by atoms with van der Waals surface area (Å²) < 4.78 is 10.9. The maximum absolute atomic E-state index is 12.5. The Labute approximate surface area is 138 Å². The van der Waals surface area contributed by atoms with Gasteiger partial charge in [-0.1, -0.05) is 12.1 Å². The lowest BCUT2D eigenvalue weighted by molar-refractivity contribution is 0.348. The first-order chi connectivity index (χ1) is 12.0. The Morgan fingerprint density at radius 3 is 2.48 bits per heavy atom. The van der Waals surface area contributed by atoms with Crippen LogP contribution in [0.3, 0.4) is 0 Å².